The lowest BCUT2D eigenvalue weighted by atomic mass is 10.00. The molecule has 0 spiro atoms. The largest absolute Gasteiger partial charge is 0.495 e. The molecule has 3 aromatic heterocycles. The van der Waals surface area contributed by atoms with Crippen LogP contribution in [0.1, 0.15) is 37.7 Å². The minimum absolute atomic E-state index is 0.00959. The molecule has 4 heterocycles. The number of amides is 2. The SMILES string of the molecule is COc1cnnc(NC(=O)c2ccc(CN3C(=O)c4ncc(Cl)cc4CC(=O)C3Cc3ccccn3)cc2Cl)c1. The van der Waals surface area contributed by atoms with Crippen molar-refractivity contribution in [2.24, 2.45) is 0 Å². The summed E-state index contributed by atoms with van der Waals surface area (Å²) in [6.07, 6.45) is 4.67. The number of halogens is 2. The lowest BCUT2D eigenvalue weighted by Gasteiger charge is -2.29. The number of nitrogens with zero attached hydrogens (tertiary/aromatic N) is 5. The van der Waals surface area contributed by atoms with Crippen LogP contribution in [0, 0.1) is 0 Å². The maximum atomic E-state index is 13.7. The molecule has 1 aliphatic rings. The van der Waals surface area contributed by atoms with E-state index in [1.165, 1.54) is 30.5 Å². The zero-order valence-electron chi connectivity index (χ0n) is 21.2. The smallest absolute Gasteiger partial charge is 0.273 e. The van der Waals surface area contributed by atoms with Crippen LogP contribution in [0.5, 0.6) is 5.75 Å². The fourth-order valence-corrected chi connectivity index (χ4v) is 4.90. The molecule has 10 nitrogen and oxygen atoms in total. The fraction of sp³-hybridized carbons (Fsp3) is 0.179. The lowest BCUT2D eigenvalue weighted by Crippen LogP contribution is -2.45. The van der Waals surface area contributed by atoms with Gasteiger partial charge in [0.1, 0.15) is 11.4 Å². The number of carbonyl (C=O) groups is 3. The van der Waals surface area contributed by atoms with Gasteiger partial charge in [-0.3, -0.25) is 19.4 Å². The third kappa shape index (κ3) is 5.93. The number of fused-ring (bicyclic) bond motifs is 1. The Morgan fingerprint density at radius 1 is 1.10 bits per heavy atom. The van der Waals surface area contributed by atoms with Crippen LogP contribution in [0.4, 0.5) is 5.82 Å². The normalized spacial score (nSPS) is 14.9. The van der Waals surface area contributed by atoms with Crippen molar-refractivity contribution in [3.63, 3.8) is 0 Å². The van der Waals surface area contributed by atoms with E-state index in [1.54, 1.807) is 42.6 Å². The Hall–Kier alpha value is -4.41. The Kier molecular flexibility index (Phi) is 7.99. The van der Waals surface area contributed by atoms with E-state index in [0.29, 0.717) is 27.6 Å². The number of aromatic nitrogens is 4. The standard InChI is InChI=1S/C28H22Cl2N6O4/c1-40-20-12-25(35-33-14-20)34-27(38)21-6-5-16(8-22(21)30)15-36-23(11-19-4-2-3-7-31-19)24(37)10-17-9-18(29)13-32-26(17)28(36)39/h2-9,12-14,23H,10-11,15H2,1H3,(H,34,35,38). The number of benzene rings is 1. The minimum Gasteiger partial charge on any atom is -0.495 e. The molecule has 1 unspecified atom stereocenters. The molecule has 202 valence electrons. The van der Waals surface area contributed by atoms with E-state index in [2.05, 4.69) is 25.5 Å². The molecule has 0 fully saturated rings. The number of anilines is 1. The molecule has 4 aromatic rings. The fourth-order valence-electron chi connectivity index (χ4n) is 4.43. The van der Waals surface area contributed by atoms with E-state index >= 15 is 0 Å². The van der Waals surface area contributed by atoms with Crippen molar-refractivity contribution in [1.82, 2.24) is 25.1 Å². The first-order chi connectivity index (χ1) is 19.3. The average molecular weight is 577 g/mol. The van der Waals surface area contributed by atoms with Gasteiger partial charge < -0.3 is 15.0 Å². The van der Waals surface area contributed by atoms with Gasteiger partial charge >= 0.3 is 0 Å². The number of ether oxygens (including phenoxy) is 1. The number of carbonyl (C=O) groups excluding carboxylic acids is 3. The maximum Gasteiger partial charge on any atom is 0.273 e. The number of nitrogens with one attached hydrogen (secondary N) is 1. The van der Waals surface area contributed by atoms with Crippen molar-refractivity contribution in [2.45, 2.75) is 25.4 Å². The summed E-state index contributed by atoms with van der Waals surface area (Å²) in [4.78, 5) is 50.1. The topological polar surface area (TPSA) is 127 Å². The highest BCUT2D eigenvalue weighted by Crippen LogP contribution is 2.27. The summed E-state index contributed by atoms with van der Waals surface area (Å²) in [5.41, 5.74) is 2.12. The van der Waals surface area contributed by atoms with Crippen LogP contribution in [-0.4, -0.2) is 55.8 Å². The van der Waals surface area contributed by atoms with Gasteiger partial charge in [0.05, 0.1) is 35.0 Å². The molecule has 0 radical (unpaired) electrons. The number of methoxy groups -OCH3 is 1. The highest BCUT2D eigenvalue weighted by molar-refractivity contribution is 6.34. The Labute approximate surface area is 239 Å². The Morgan fingerprint density at radius 2 is 1.95 bits per heavy atom. The summed E-state index contributed by atoms with van der Waals surface area (Å²) in [7, 11) is 1.48. The molecule has 0 saturated carbocycles. The highest BCUT2D eigenvalue weighted by atomic mass is 35.5. The third-order valence-corrected chi connectivity index (χ3v) is 6.90. The summed E-state index contributed by atoms with van der Waals surface area (Å²) in [6.45, 7) is 0.0504. The molecular formula is C28H22Cl2N6O4. The highest BCUT2D eigenvalue weighted by Gasteiger charge is 2.36. The van der Waals surface area contributed by atoms with Crippen LogP contribution < -0.4 is 10.1 Å². The van der Waals surface area contributed by atoms with Gasteiger partial charge in [-0.1, -0.05) is 35.3 Å². The van der Waals surface area contributed by atoms with E-state index in [-0.39, 0.29) is 47.3 Å². The minimum atomic E-state index is -0.802. The van der Waals surface area contributed by atoms with Gasteiger partial charge in [-0.25, -0.2) is 4.98 Å². The second-order valence-corrected chi connectivity index (χ2v) is 9.87. The van der Waals surface area contributed by atoms with E-state index in [4.69, 9.17) is 27.9 Å². The number of rotatable bonds is 7. The molecule has 1 atom stereocenters. The molecule has 40 heavy (non-hydrogen) atoms. The van der Waals surface area contributed by atoms with Crippen LogP contribution in [-0.2, 0) is 24.2 Å². The molecule has 2 amide bonds. The molecule has 12 heteroatoms. The van der Waals surface area contributed by atoms with Gasteiger partial charge in [-0.2, -0.15) is 5.10 Å². The summed E-state index contributed by atoms with van der Waals surface area (Å²) in [6, 6.07) is 12.5. The van der Waals surface area contributed by atoms with E-state index in [1.807, 2.05) is 6.07 Å². The molecule has 0 bridgehead atoms. The predicted octanol–water partition coefficient (Wildman–Crippen LogP) is 4.21. The average Bonchev–Trinajstić information content (AvgIpc) is 3.03. The Balaban J connectivity index is 1.43. The van der Waals surface area contributed by atoms with Crippen LogP contribution in [0.3, 0.4) is 0 Å². The molecule has 0 aliphatic carbocycles. The zero-order chi connectivity index (χ0) is 28.2. The van der Waals surface area contributed by atoms with E-state index in [0.717, 1.165) is 0 Å². The second-order valence-electron chi connectivity index (χ2n) is 9.03. The third-order valence-electron chi connectivity index (χ3n) is 6.38. The number of Topliss-reactive ketones (excluding diaryl/α,β-unsaturated/α-hetero) is 1. The van der Waals surface area contributed by atoms with Crippen molar-refractivity contribution in [3.8, 4) is 5.75 Å². The number of hydrogen-bond donors (Lipinski definition) is 1. The second kappa shape index (κ2) is 11.8. The van der Waals surface area contributed by atoms with Crippen LogP contribution in [0.25, 0.3) is 0 Å². The Morgan fingerprint density at radius 3 is 2.70 bits per heavy atom. The molecule has 1 N–H and O–H groups in total. The summed E-state index contributed by atoms with van der Waals surface area (Å²) >= 11 is 12.6. The molecular weight excluding hydrogens is 555 g/mol. The number of hydrogen-bond acceptors (Lipinski definition) is 8. The van der Waals surface area contributed by atoms with Gasteiger partial charge in [-0.05, 0) is 41.5 Å². The predicted molar refractivity (Wildman–Crippen MR) is 148 cm³/mol. The van der Waals surface area contributed by atoms with E-state index in [9.17, 15) is 14.4 Å². The first kappa shape index (κ1) is 27.2. The van der Waals surface area contributed by atoms with Gasteiger partial charge in [0, 0.05) is 43.5 Å². The van der Waals surface area contributed by atoms with Crippen molar-refractivity contribution < 1.29 is 19.1 Å². The van der Waals surface area contributed by atoms with Crippen molar-refractivity contribution in [1.29, 1.82) is 0 Å². The van der Waals surface area contributed by atoms with E-state index < -0.39 is 17.9 Å². The van der Waals surface area contributed by atoms with Crippen molar-refractivity contribution in [2.75, 3.05) is 12.4 Å². The molecule has 1 aromatic carbocycles. The van der Waals surface area contributed by atoms with Gasteiger partial charge in [0.25, 0.3) is 11.8 Å². The van der Waals surface area contributed by atoms with Crippen LogP contribution in [0.2, 0.25) is 10.0 Å². The monoisotopic (exact) mass is 576 g/mol. The summed E-state index contributed by atoms with van der Waals surface area (Å²) in [5.74, 6) is -0.441. The van der Waals surface area contributed by atoms with Crippen LogP contribution in [0.15, 0.2) is 67.1 Å². The van der Waals surface area contributed by atoms with Crippen LogP contribution >= 0.6 is 23.2 Å². The van der Waals surface area contributed by atoms with Crippen molar-refractivity contribution in [3.05, 3.63) is 105 Å². The molecule has 0 saturated heterocycles. The first-order valence-electron chi connectivity index (χ1n) is 12.2. The molecule has 5 rings (SSSR count). The first-order valence-corrected chi connectivity index (χ1v) is 12.9. The van der Waals surface area contributed by atoms with Gasteiger partial charge in [0.2, 0.25) is 0 Å². The Bertz CT molecular complexity index is 1600. The number of pyridine rings is 2. The lowest BCUT2D eigenvalue weighted by molar-refractivity contribution is -0.122. The van der Waals surface area contributed by atoms with Gasteiger partial charge in [0.15, 0.2) is 11.6 Å². The zero-order valence-corrected chi connectivity index (χ0v) is 22.7. The number of ketones is 1. The summed E-state index contributed by atoms with van der Waals surface area (Å²) < 4.78 is 5.10. The maximum absolute atomic E-state index is 13.7. The van der Waals surface area contributed by atoms with Crippen molar-refractivity contribution >= 4 is 46.6 Å². The van der Waals surface area contributed by atoms with Gasteiger partial charge in [-0.15, -0.1) is 5.10 Å². The molecule has 1 aliphatic heterocycles. The summed E-state index contributed by atoms with van der Waals surface area (Å²) in [5, 5.41) is 10.8. The quantitative estimate of drug-likeness (QED) is 0.346.